The zero-order valence-electron chi connectivity index (χ0n) is 16.7. The zero-order valence-corrected chi connectivity index (χ0v) is 18.3. The van der Waals surface area contributed by atoms with Gasteiger partial charge in [0.05, 0.1) is 10.5 Å². The summed E-state index contributed by atoms with van der Waals surface area (Å²) in [5.74, 6) is -0.403. The van der Waals surface area contributed by atoms with Gasteiger partial charge in [0.15, 0.2) is 9.84 Å². The van der Waals surface area contributed by atoms with Gasteiger partial charge in [0, 0.05) is 23.9 Å². The lowest BCUT2D eigenvalue weighted by Gasteiger charge is -2.25. The minimum absolute atomic E-state index is 0.0293. The van der Waals surface area contributed by atoms with Crippen LogP contribution >= 0.6 is 11.6 Å². The molecule has 0 radical (unpaired) electrons. The van der Waals surface area contributed by atoms with E-state index in [1.807, 2.05) is 0 Å². The average molecular weight is 475 g/mol. The summed E-state index contributed by atoms with van der Waals surface area (Å²) in [6, 6.07) is 6.49. The Morgan fingerprint density at radius 3 is 2.42 bits per heavy atom. The standard InChI is InChI=1S/C21H22ClF3N2O3S/c1-31(29,30)15-7-8-16(18(22)10-15)17(13-4-2-3-5-13)11-20(28)27-19-9-6-14(12-26-19)21(23,24)25/h6-10,12-13,17H,2-5,11H2,1H3,(H,26,27,28). The van der Waals surface area contributed by atoms with Crippen molar-refractivity contribution in [3.05, 3.63) is 52.7 Å². The predicted molar refractivity (Wildman–Crippen MR) is 112 cm³/mol. The number of amides is 1. The SMILES string of the molecule is CS(=O)(=O)c1ccc(C(CC(=O)Nc2ccc(C(F)(F)F)cn2)C2CCCC2)c(Cl)c1. The fourth-order valence-electron chi connectivity index (χ4n) is 3.96. The topological polar surface area (TPSA) is 76.1 Å². The second kappa shape index (κ2) is 9.16. The van der Waals surface area contributed by atoms with Gasteiger partial charge < -0.3 is 5.32 Å². The molecule has 10 heteroatoms. The number of sulfone groups is 1. The smallest absolute Gasteiger partial charge is 0.311 e. The molecule has 0 aliphatic heterocycles. The molecular formula is C21H22ClF3N2O3S. The van der Waals surface area contributed by atoms with E-state index in [-0.39, 0.29) is 34.0 Å². The Kier molecular flexibility index (Phi) is 6.95. The van der Waals surface area contributed by atoms with Crippen molar-refractivity contribution >= 4 is 33.2 Å². The van der Waals surface area contributed by atoms with Crippen molar-refractivity contribution in [1.29, 1.82) is 0 Å². The fourth-order valence-corrected chi connectivity index (χ4v) is 4.99. The number of halogens is 4. The molecule has 1 aliphatic rings. The third-order valence-electron chi connectivity index (χ3n) is 5.53. The van der Waals surface area contributed by atoms with Gasteiger partial charge in [0.25, 0.3) is 0 Å². The Morgan fingerprint density at radius 1 is 1.23 bits per heavy atom. The van der Waals surface area contributed by atoms with E-state index >= 15 is 0 Å². The molecule has 1 aromatic heterocycles. The van der Waals surface area contributed by atoms with Crippen molar-refractivity contribution in [2.45, 2.75) is 49.1 Å². The molecule has 31 heavy (non-hydrogen) atoms. The third kappa shape index (κ3) is 5.98. The van der Waals surface area contributed by atoms with E-state index in [4.69, 9.17) is 11.6 Å². The van der Waals surface area contributed by atoms with Gasteiger partial charge in [-0.2, -0.15) is 13.2 Å². The molecule has 0 saturated heterocycles. The molecule has 1 fully saturated rings. The Bertz CT molecular complexity index is 1050. The van der Waals surface area contributed by atoms with Crippen molar-refractivity contribution in [3.8, 4) is 0 Å². The molecule has 0 bridgehead atoms. The van der Waals surface area contributed by atoms with E-state index in [2.05, 4.69) is 10.3 Å². The number of nitrogens with one attached hydrogen (secondary N) is 1. The molecule has 1 aromatic carbocycles. The summed E-state index contributed by atoms with van der Waals surface area (Å²) in [5, 5.41) is 2.82. The molecule has 1 amide bonds. The van der Waals surface area contributed by atoms with E-state index in [1.165, 1.54) is 12.1 Å². The number of carbonyl (C=O) groups excluding carboxylic acids is 1. The van der Waals surface area contributed by atoms with Gasteiger partial charge in [0.1, 0.15) is 5.82 Å². The summed E-state index contributed by atoms with van der Waals surface area (Å²) in [7, 11) is -3.42. The third-order valence-corrected chi connectivity index (χ3v) is 6.97. The highest BCUT2D eigenvalue weighted by atomic mass is 35.5. The normalized spacial score (nSPS) is 16.3. The lowest BCUT2D eigenvalue weighted by Crippen LogP contribution is -2.21. The minimum Gasteiger partial charge on any atom is -0.311 e. The molecule has 1 aliphatic carbocycles. The van der Waals surface area contributed by atoms with Crippen LogP contribution < -0.4 is 5.32 Å². The molecule has 168 valence electrons. The van der Waals surface area contributed by atoms with E-state index in [0.29, 0.717) is 11.8 Å². The number of benzene rings is 1. The highest BCUT2D eigenvalue weighted by Gasteiger charge is 2.32. The van der Waals surface area contributed by atoms with Crippen molar-refractivity contribution in [2.75, 3.05) is 11.6 Å². The van der Waals surface area contributed by atoms with Gasteiger partial charge >= 0.3 is 6.18 Å². The fraction of sp³-hybridized carbons (Fsp3) is 0.429. The Balaban J connectivity index is 1.79. The number of carbonyl (C=O) groups is 1. The lowest BCUT2D eigenvalue weighted by atomic mass is 9.82. The number of hydrogen-bond donors (Lipinski definition) is 1. The largest absolute Gasteiger partial charge is 0.417 e. The quantitative estimate of drug-likeness (QED) is 0.603. The molecule has 3 rings (SSSR count). The maximum absolute atomic E-state index is 12.7. The number of pyridine rings is 1. The van der Waals surface area contributed by atoms with Crippen LogP contribution in [0.1, 0.15) is 49.1 Å². The van der Waals surface area contributed by atoms with Gasteiger partial charge in [-0.05, 0) is 54.5 Å². The summed E-state index contributed by atoms with van der Waals surface area (Å²) < 4.78 is 61.6. The Hall–Kier alpha value is -2.13. The maximum Gasteiger partial charge on any atom is 0.417 e. The summed E-state index contributed by atoms with van der Waals surface area (Å²) in [6.45, 7) is 0. The first-order chi connectivity index (χ1) is 14.4. The van der Waals surface area contributed by atoms with Crippen LogP contribution in [0.5, 0.6) is 0 Å². The van der Waals surface area contributed by atoms with Crippen LogP contribution in [0.15, 0.2) is 41.4 Å². The van der Waals surface area contributed by atoms with Crippen molar-refractivity contribution < 1.29 is 26.4 Å². The van der Waals surface area contributed by atoms with Crippen LogP contribution in [-0.2, 0) is 20.8 Å². The number of nitrogens with zero attached hydrogens (tertiary/aromatic N) is 1. The Labute approximate surface area is 183 Å². The highest BCUT2D eigenvalue weighted by molar-refractivity contribution is 7.90. The van der Waals surface area contributed by atoms with Crippen LogP contribution in [0.25, 0.3) is 0 Å². The second-order valence-corrected chi connectivity index (χ2v) is 10.2. The zero-order chi connectivity index (χ0) is 22.8. The molecular weight excluding hydrogens is 453 g/mol. The minimum atomic E-state index is -4.50. The Morgan fingerprint density at radius 2 is 1.90 bits per heavy atom. The van der Waals surface area contributed by atoms with Gasteiger partial charge in [-0.1, -0.05) is 30.5 Å². The molecule has 1 saturated carbocycles. The summed E-state index contributed by atoms with van der Waals surface area (Å²) >= 11 is 6.40. The van der Waals surface area contributed by atoms with Crippen LogP contribution in [0.4, 0.5) is 19.0 Å². The average Bonchev–Trinajstić information content (AvgIpc) is 3.20. The number of aromatic nitrogens is 1. The molecule has 1 N–H and O–H groups in total. The first-order valence-corrected chi connectivity index (χ1v) is 12.0. The van der Waals surface area contributed by atoms with Gasteiger partial charge in [0.2, 0.25) is 5.91 Å². The molecule has 5 nitrogen and oxygen atoms in total. The van der Waals surface area contributed by atoms with Crippen LogP contribution in [-0.4, -0.2) is 25.6 Å². The van der Waals surface area contributed by atoms with E-state index in [9.17, 15) is 26.4 Å². The van der Waals surface area contributed by atoms with E-state index < -0.39 is 27.5 Å². The summed E-state index contributed by atoms with van der Waals surface area (Å²) in [4.78, 5) is 16.4. The summed E-state index contributed by atoms with van der Waals surface area (Å²) in [6.07, 6.45) is 1.22. The van der Waals surface area contributed by atoms with Crippen LogP contribution in [0, 0.1) is 5.92 Å². The molecule has 1 unspecified atom stereocenters. The van der Waals surface area contributed by atoms with Crippen molar-refractivity contribution in [2.24, 2.45) is 5.92 Å². The molecule has 1 atom stereocenters. The highest BCUT2D eigenvalue weighted by Crippen LogP contribution is 2.42. The summed E-state index contributed by atoms with van der Waals surface area (Å²) in [5.41, 5.74) is -0.205. The van der Waals surface area contributed by atoms with Crippen molar-refractivity contribution in [3.63, 3.8) is 0 Å². The van der Waals surface area contributed by atoms with Gasteiger partial charge in [-0.25, -0.2) is 13.4 Å². The molecule has 1 heterocycles. The lowest BCUT2D eigenvalue weighted by molar-refractivity contribution is -0.137. The maximum atomic E-state index is 12.7. The van der Waals surface area contributed by atoms with Crippen LogP contribution in [0.2, 0.25) is 5.02 Å². The first-order valence-electron chi connectivity index (χ1n) is 9.78. The molecule has 2 aromatic rings. The number of rotatable bonds is 6. The number of hydrogen-bond acceptors (Lipinski definition) is 4. The van der Waals surface area contributed by atoms with Crippen molar-refractivity contribution in [1.82, 2.24) is 4.98 Å². The number of alkyl halides is 3. The van der Waals surface area contributed by atoms with E-state index in [1.54, 1.807) is 6.07 Å². The van der Waals surface area contributed by atoms with Gasteiger partial charge in [-0.3, -0.25) is 4.79 Å². The van der Waals surface area contributed by atoms with Gasteiger partial charge in [-0.15, -0.1) is 0 Å². The van der Waals surface area contributed by atoms with Crippen LogP contribution in [0.3, 0.4) is 0 Å². The molecule has 0 spiro atoms. The first kappa shape index (κ1) is 23.5. The predicted octanol–water partition coefficient (Wildman–Crippen LogP) is 5.46. The number of anilines is 1. The van der Waals surface area contributed by atoms with E-state index in [0.717, 1.165) is 44.1 Å². The monoisotopic (exact) mass is 474 g/mol. The second-order valence-electron chi connectivity index (χ2n) is 7.79.